The molecule has 3 saturated carbocycles. The van der Waals surface area contributed by atoms with Gasteiger partial charge in [-0.3, -0.25) is 5.73 Å². The topological polar surface area (TPSA) is 129 Å². The molecule has 1 heterocycles. The predicted molar refractivity (Wildman–Crippen MR) is 196 cm³/mol. The lowest BCUT2D eigenvalue weighted by molar-refractivity contribution is -0.699. The number of Topliss-reactive ketones (excluding diaryl/α,β-unsaturated/α-hetero) is 2. The van der Waals surface area contributed by atoms with Crippen molar-refractivity contribution in [3.63, 3.8) is 0 Å². The molecule has 284 valence electrons. The fourth-order valence-electron chi connectivity index (χ4n) is 11.4. The first-order valence-electron chi connectivity index (χ1n) is 21.1. The third-order valence-electron chi connectivity index (χ3n) is 14.1. The van der Waals surface area contributed by atoms with Crippen LogP contribution in [0.5, 0.6) is 0 Å². The number of unbranched alkanes of at least 4 members (excludes halogenated alkanes) is 1. The van der Waals surface area contributed by atoms with Crippen LogP contribution >= 0.6 is 0 Å². The molecule has 5 N–H and O–H groups in total. The largest absolute Gasteiger partial charge is 0.841 e. The number of nitrogens with two attached hydrogens (primary N) is 2. The van der Waals surface area contributed by atoms with E-state index in [1.54, 1.807) is 7.11 Å². The van der Waals surface area contributed by atoms with E-state index in [0.717, 1.165) is 57.9 Å². The molecular formula is C43H72N2O5. The average molecular weight is 697 g/mol. The third-order valence-corrected chi connectivity index (χ3v) is 14.1. The molecule has 0 bridgehead atoms. The fraction of sp³-hybridized carbons (Fsp3) is 0.907. The zero-order valence-corrected chi connectivity index (χ0v) is 32.0. The molecule has 0 aromatic heterocycles. The fourth-order valence-corrected chi connectivity index (χ4v) is 11.4. The minimum atomic E-state index is -1.82. The van der Waals surface area contributed by atoms with Crippen LogP contribution in [0.25, 0.3) is 0 Å². The molecule has 4 fully saturated rings. The van der Waals surface area contributed by atoms with Gasteiger partial charge in [0.05, 0.1) is 18.8 Å². The summed E-state index contributed by atoms with van der Waals surface area (Å²) in [5.74, 6) is 9.81. The summed E-state index contributed by atoms with van der Waals surface area (Å²) in [6.07, 6.45) is 16.0. The lowest BCUT2D eigenvalue weighted by atomic mass is 9.60. The second-order valence-corrected chi connectivity index (χ2v) is 18.1. The van der Waals surface area contributed by atoms with Crippen molar-refractivity contribution < 1.29 is 29.9 Å². The molecule has 1 saturated heterocycles. The Labute approximate surface area is 304 Å². The maximum Gasteiger partial charge on any atom is 0.137 e. The van der Waals surface area contributed by atoms with Crippen molar-refractivity contribution in [1.29, 1.82) is 0 Å². The number of quaternary nitrogens is 1. The molecule has 0 amide bonds. The molecule has 0 radical (unpaired) electrons. The van der Waals surface area contributed by atoms with Gasteiger partial charge in [0.2, 0.25) is 0 Å². The Kier molecular flexibility index (Phi) is 15.3. The molecule has 8 unspecified atom stereocenters. The highest BCUT2D eigenvalue weighted by Crippen LogP contribution is 2.49. The zero-order valence-electron chi connectivity index (χ0n) is 32.0. The van der Waals surface area contributed by atoms with Crippen LogP contribution < -0.4 is 16.2 Å². The number of rotatable bonds is 10. The van der Waals surface area contributed by atoms with Crippen LogP contribution in [0.4, 0.5) is 0 Å². The number of fused-ring (bicyclic) bond motifs is 2. The Hall–Kier alpha value is -1.30. The van der Waals surface area contributed by atoms with Crippen molar-refractivity contribution in [2.75, 3.05) is 13.7 Å². The van der Waals surface area contributed by atoms with Crippen molar-refractivity contribution in [2.45, 2.75) is 167 Å². The second-order valence-electron chi connectivity index (χ2n) is 18.1. The molecule has 4 aliphatic carbocycles. The molecule has 14 atom stereocenters. The van der Waals surface area contributed by atoms with E-state index >= 15 is 0 Å². The van der Waals surface area contributed by atoms with Crippen molar-refractivity contribution in [1.82, 2.24) is 0 Å². The number of hydrogen-bond donors (Lipinski definition) is 3. The van der Waals surface area contributed by atoms with E-state index in [1.165, 1.54) is 38.5 Å². The lowest BCUT2D eigenvalue weighted by Gasteiger charge is -2.46. The van der Waals surface area contributed by atoms with Crippen LogP contribution in [-0.4, -0.2) is 54.8 Å². The average Bonchev–Trinajstić information content (AvgIpc) is 3.27. The van der Waals surface area contributed by atoms with Gasteiger partial charge in [-0.05, 0) is 118 Å². The molecule has 7 nitrogen and oxygen atoms in total. The second kappa shape index (κ2) is 19.2. The van der Waals surface area contributed by atoms with Gasteiger partial charge in [0.25, 0.3) is 0 Å². The number of carbonyl (C=O) groups is 2. The third kappa shape index (κ3) is 10.4. The van der Waals surface area contributed by atoms with Gasteiger partial charge in [0.15, 0.2) is 0 Å². The minimum Gasteiger partial charge on any atom is -0.841 e. The van der Waals surface area contributed by atoms with Crippen molar-refractivity contribution in [3.05, 3.63) is 0 Å². The highest BCUT2D eigenvalue weighted by molar-refractivity contribution is 6.05. The summed E-state index contributed by atoms with van der Waals surface area (Å²) < 4.78 is 5.76. The molecule has 5 rings (SSSR count). The number of carbonyl (C=O) groups excluding carboxylic acids is 2. The maximum atomic E-state index is 14.3. The number of piperidine rings is 1. The van der Waals surface area contributed by atoms with Gasteiger partial charge in [-0.15, -0.1) is 0 Å². The van der Waals surface area contributed by atoms with E-state index in [-0.39, 0.29) is 48.1 Å². The summed E-state index contributed by atoms with van der Waals surface area (Å²) in [5.41, 5.74) is 6.41. The number of hydrogen-bond acceptors (Lipinski definition) is 6. The first-order valence-corrected chi connectivity index (χ1v) is 21.1. The molecule has 5 aliphatic rings. The van der Waals surface area contributed by atoms with Gasteiger partial charge in [-0.2, -0.15) is 0 Å². The highest BCUT2D eigenvalue weighted by atomic mass is 16.5. The van der Waals surface area contributed by atoms with E-state index in [2.05, 4.69) is 37.9 Å². The van der Waals surface area contributed by atoms with Gasteiger partial charge in [0.1, 0.15) is 17.7 Å². The van der Waals surface area contributed by atoms with Crippen molar-refractivity contribution >= 4 is 11.6 Å². The number of methoxy groups -OCH3 is 1. The van der Waals surface area contributed by atoms with Crippen molar-refractivity contribution in [3.8, 4) is 11.8 Å². The monoisotopic (exact) mass is 697 g/mol. The summed E-state index contributed by atoms with van der Waals surface area (Å²) in [5, 5.41) is 27.4. The molecule has 1 aliphatic heterocycles. The van der Waals surface area contributed by atoms with Crippen LogP contribution in [0.1, 0.15) is 143 Å². The summed E-state index contributed by atoms with van der Waals surface area (Å²) in [7, 11) is 1.66. The first kappa shape index (κ1) is 39.9. The molecule has 0 spiro atoms. The first-order chi connectivity index (χ1) is 24.1. The van der Waals surface area contributed by atoms with E-state index < -0.39 is 23.9 Å². The standard InChI is InChI=1S/C43H71N2O5/c1-5-6-9-28-20-30(21-29-18-19-45-41(44)24-29)22-32-14-16-35(34-11-8-7-10-31(34)13-12-27(2)3)36-26-39(47)40(50-4)25-33(36)15-17-38(46)43(49)42(48)37(32)23-28/h27-37,39-41,43,45,47H,5-13,15,17-26,44H2,1-4H3/q-1/p+1/t28-,29?,30-,31?,32-,33?,34?,35+,36?,37-,39?,40?,41?,43-/m0/s1. The molecular weight excluding hydrogens is 624 g/mol. The number of aliphatic hydroxyl groups excluding tert-OH is 1. The van der Waals surface area contributed by atoms with Crippen LogP contribution in [0.15, 0.2) is 0 Å². The smallest absolute Gasteiger partial charge is 0.137 e. The van der Waals surface area contributed by atoms with Crippen LogP contribution in [0, 0.1) is 76.9 Å². The number of ether oxygens (including phenoxy) is 1. The van der Waals surface area contributed by atoms with E-state index in [4.69, 9.17) is 10.5 Å². The summed E-state index contributed by atoms with van der Waals surface area (Å²) in [4.78, 5) is 27.9. The Bertz CT molecular complexity index is 1150. The predicted octanol–water partition coefficient (Wildman–Crippen LogP) is 5.40. The van der Waals surface area contributed by atoms with E-state index in [0.29, 0.717) is 61.2 Å². The van der Waals surface area contributed by atoms with Crippen LogP contribution in [0.3, 0.4) is 0 Å². The van der Waals surface area contributed by atoms with Crippen LogP contribution in [-0.2, 0) is 14.3 Å². The normalized spacial score (nSPS) is 41.9. The Morgan fingerprint density at radius 1 is 0.940 bits per heavy atom. The SMILES string of the molecule is CCCC[C@H]1C[C@@H](CC2CC[NH2+]C(N)C2)C[C@@H]2C#C[C@H](C3CCCCC3CCC(C)C)C3CC(O)C(OC)CC3CCC(=O)[C@H]([O-])C(=O)[C@H]2C1. The maximum absolute atomic E-state index is 14.3. The lowest BCUT2D eigenvalue weighted by Crippen LogP contribution is -2.94. The number of aliphatic hydroxyl groups is 1. The van der Waals surface area contributed by atoms with Crippen LogP contribution in [0.2, 0.25) is 0 Å². The van der Waals surface area contributed by atoms with Crippen molar-refractivity contribution in [2.24, 2.45) is 70.8 Å². The molecule has 50 heavy (non-hydrogen) atoms. The van der Waals surface area contributed by atoms with Gasteiger partial charge in [-0.1, -0.05) is 77.6 Å². The highest BCUT2D eigenvalue weighted by Gasteiger charge is 2.45. The minimum absolute atomic E-state index is 0.114. The molecule has 7 heteroatoms. The summed E-state index contributed by atoms with van der Waals surface area (Å²) >= 11 is 0. The quantitative estimate of drug-likeness (QED) is 0.207. The Balaban J connectivity index is 1.56. The summed E-state index contributed by atoms with van der Waals surface area (Å²) in [6, 6.07) is 0. The molecule has 0 aromatic rings. The Morgan fingerprint density at radius 3 is 2.48 bits per heavy atom. The van der Waals surface area contributed by atoms with E-state index in [1.807, 2.05) is 0 Å². The van der Waals surface area contributed by atoms with Gasteiger partial charge >= 0.3 is 0 Å². The van der Waals surface area contributed by atoms with Gasteiger partial charge < -0.3 is 29.9 Å². The van der Waals surface area contributed by atoms with E-state index in [9.17, 15) is 19.8 Å². The summed E-state index contributed by atoms with van der Waals surface area (Å²) in [6.45, 7) is 7.93. The Morgan fingerprint density at radius 2 is 1.74 bits per heavy atom. The van der Waals surface area contributed by atoms with Gasteiger partial charge in [0, 0.05) is 37.7 Å². The van der Waals surface area contributed by atoms with Gasteiger partial charge in [-0.25, -0.2) is 0 Å². The molecule has 0 aromatic carbocycles. The zero-order chi connectivity index (χ0) is 35.8. The number of ketones is 2.